The van der Waals surface area contributed by atoms with Gasteiger partial charge in [0, 0.05) is 23.5 Å². The molecule has 0 aliphatic heterocycles. The van der Waals surface area contributed by atoms with E-state index >= 15 is 0 Å². The Morgan fingerprint density at radius 2 is 1.74 bits per heavy atom. The normalized spacial score (nSPS) is 10.6. The molecule has 3 aromatic rings. The van der Waals surface area contributed by atoms with Crippen LogP contribution in [0.2, 0.25) is 0 Å². The van der Waals surface area contributed by atoms with Crippen LogP contribution in [0, 0.1) is 6.92 Å². The zero-order valence-electron chi connectivity index (χ0n) is 10.5. The van der Waals surface area contributed by atoms with E-state index in [2.05, 4.69) is 15.1 Å². The summed E-state index contributed by atoms with van der Waals surface area (Å²) in [6, 6.07) is 9.80. The van der Waals surface area contributed by atoms with Crippen LogP contribution in [0.1, 0.15) is 5.56 Å². The molecule has 5 heteroatoms. The first-order chi connectivity index (χ1) is 9.27. The summed E-state index contributed by atoms with van der Waals surface area (Å²) in [7, 11) is 0. The number of hydrogen-bond donors (Lipinski definition) is 1. The van der Waals surface area contributed by atoms with Crippen molar-refractivity contribution in [3.05, 3.63) is 54.6 Å². The SMILES string of the molecule is Cc1c(-c2cncnc2)nn(-c2ccccc2)c1N. The van der Waals surface area contributed by atoms with Gasteiger partial charge in [-0.3, -0.25) is 0 Å². The quantitative estimate of drug-likeness (QED) is 0.758. The number of nitrogens with two attached hydrogens (primary N) is 1. The molecule has 0 aliphatic carbocycles. The monoisotopic (exact) mass is 251 g/mol. The number of nitrogens with zero attached hydrogens (tertiary/aromatic N) is 4. The summed E-state index contributed by atoms with van der Waals surface area (Å²) in [6.07, 6.45) is 4.96. The fourth-order valence-electron chi connectivity index (χ4n) is 1.97. The Bertz CT molecular complexity index is 629. The Hall–Kier alpha value is -2.69. The molecule has 19 heavy (non-hydrogen) atoms. The predicted molar refractivity (Wildman–Crippen MR) is 73.7 cm³/mol. The first-order valence-corrected chi connectivity index (χ1v) is 5.93. The van der Waals surface area contributed by atoms with E-state index in [1.165, 1.54) is 6.33 Å². The molecule has 2 aromatic heterocycles. The van der Waals surface area contributed by atoms with E-state index in [9.17, 15) is 0 Å². The molecule has 2 N–H and O–H groups in total. The van der Waals surface area contributed by atoms with E-state index in [1.807, 2.05) is 37.3 Å². The molecule has 3 rings (SSSR count). The lowest BCUT2D eigenvalue weighted by molar-refractivity contribution is 0.894. The molecule has 0 fully saturated rings. The molecule has 0 aliphatic rings. The molecular formula is C14H13N5. The summed E-state index contributed by atoms with van der Waals surface area (Å²) in [6.45, 7) is 1.95. The third-order valence-corrected chi connectivity index (χ3v) is 3.00. The van der Waals surface area contributed by atoms with Gasteiger partial charge in [-0.05, 0) is 19.1 Å². The number of aromatic nitrogens is 4. The van der Waals surface area contributed by atoms with Crippen molar-refractivity contribution in [2.75, 3.05) is 5.73 Å². The average molecular weight is 251 g/mol. The van der Waals surface area contributed by atoms with Crippen molar-refractivity contribution in [1.82, 2.24) is 19.7 Å². The second-order valence-electron chi connectivity index (χ2n) is 4.23. The molecule has 0 amide bonds. The van der Waals surface area contributed by atoms with Crippen LogP contribution in [0.15, 0.2) is 49.1 Å². The molecule has 0 radical (unpaired) electrons. The highest BCUT2D eigenvalue weighted by atomic mass is 15.3. The highest BCUT2D eigenvalue weighted by molar-refractivity contribution is 5.67. The van der Waals surface area contributed by atoms with Crippen LogP contribution >= 0.6 is 0 Å². The molecule has 0 spiro atoms. The second kappa shape index (κ2) is 4.53. The molecular weight excluding hydrogens is 238 g/mol. The first-order valence-electron chi connectivity index (χ1n) is 5.93. The van der Waals surface area contributed by atoms with Crippen LogP contribution in [0.25, 0.3) is 16.9 Å². The van der Waals surface area contributed by atoms with E-state index in [0.717, 1.165) is 22.5 Å². The van der Waals surface area contributed by atoms with Crippen LogP contribution in [0.4, 0.5) is 5.82 Å². The summed E-state index contributed by atoms with van der Waals surface area (Å²) < 4.78 is 1.73. The number of anilines is 1. The Labute approximate surface area is 110 Å². The van der Waals surface area contributed by atoms with E-state index in [-0.39, 0.29) is 0 Å². The third-order valence-electron chi connectivity index (χ3n) is 3.00. The Balaban J connectivity index is 2.16. The summed E-state index contributed by atoms with van der Waals surface area (Å²) in [5.74, 6) is 0.630. The lowest BCUT2D eigenvalue weighted by atomic mass is 10.1. The van der Waals surface area contributed by atoms with Crippen LogP contribution in [0.5, 0.6) is 0 Å². The van der Waals surface area contributed by atoms with E-state index < -0.39 is 0 Å². The third kappa shape index (κ3) is 1.95. The Morgan fingerprint density at radius 3 is 2.42 bits per heavy atom. The second-order valence-corrected chi connectivity index (χ2v) is 4.23. The lowest BCUT2D eigenvalue weighted by Crippen LogP contribution is -2.01. The standard InChI is InChI=1S/C14H13N5/c1-10-13(11-7-16-9-17-8-11)18-19(14(10)15)12-5-3-2-4-6-12/h2-9H,15H2,1H3. The minimum absolute atomic E-state index is 0.630. The molecule has 0 unspecified atom stereocenters. The summed E-state index contributed by atoms with van der Waals surface area (Å²) >= 11 is 0. The Kier molecular flexibility index (Phi) is 2.72. The zero-order valence-corrected chi connectivity index (χ0v) is 10.5. The Morgan fingerprint density at radius 1 is 1.05 bits per heavy atom. The maximum Gasteiger partial charge on any atom is 0.130 e. The molecule has 5 nitrogen and oxygen atoms in total. The number of hydrogen-bond acceptors (Lipinski definition) is 4. The van der Waals surface area contributed by atoms with Gasteiger partial charge in [0.1, 0.15) is 17.8 Å². The molecule has 0 bridgehead atoms. The maximum absolute atomic E-state index is 6.13. The van der Waals surface area contributed by atoms with Crippen molar-refractivity contribution < 1.29 is 0 Å². The minimum atomic E-state index is 0.630. The first kappa shape index (κ1) is 11.4. The topological polar surface area (TPSA) is 69.6 Å². The molecule has 2 heterocycles. The molecule has 0 atom stereocenters. The van der Waals surface area contributed by atoms with Gasteiger partial charge < -0.3 is 5.73 Å². The van der Waals surface area contributed by atoms with Gasteiger partial charge in [0.25, 0.3) is 0 Å². The van der Waals surface area contributed by atoms with Crippen molar-refractivity contribution in [2.24, 2.45) is 0 Å². The van der Waals surface area contributed by atoms with E-state index in [0.29, 0.717) is 5.82 Å². The molecule has 0 saturated heterocycles. The van der Waals surface area contributed by atoms with E-state index in [1.54, 1.807) is 17.1 Å². The van der Waals surface area contributed by atoms with Gasteiger partial charge in [-0.1, -0.05) is 18.2 Å². The van der Waals surface area contributed by atoms with Crippen molar-refractivity contribution in [3.63, 3.8) is 0 Å². The number of para-hydroxylation sites is 1. The van der Waals surface area contributed by atoms with Gasteiger partial charge in [-0.25, -0.2) is 14.6 Å². The van der Waals surface area contributed by atoms with Gasteiger partial charge in [0.15, 0.2) is 0 Å². The van der Waals surface area contributed by atoms with Crippen LogP contribution < -0.4 is 5.73 Å². The highest BCUT2D eigenvalue weighted by Gasteiger charge is 2.14. The lowest BCUT2D eigenvalue weighted by Gasteiger charge is -2.02. The van der Waals surface area contributed by atoms with Crippen LogP contribution in [0.3, 0.4) is 0 Å². The van der Waals surface area contributed by atoms with Gasteiger partial charge in [-0.2, -0.15) is 5.10 Å². The summed E-state index contributed by atoms with van der Waals surface area (Å²) in [5.41, 5.74) is 9.67. The zero-order chi connectivity index (χ0) is 13.2. The largest absolute Gasteiger partial charge is 0.383 e. The summed E-state index contributed by atoms with van der Waals surface area (Å²) in [5, 5.41) is 4.56. The minimum Gasteiger partial charge on any atom is -0.383 e. The summed E-state index contributed by atoms with van der Waals surface area (Å²) in [4.78, 5) is 8.03. The smallest absolute Gasteiger partial charge is 0.130 e. The number of rotatable bonds is 2. The van der Waals surface area contributed by atoms with Gasteiger partial charge >= 0.3 is 0 Å². The fourth-order valence-corrected chi connectivity index (χ4v) is 1.97. The molecule has 1 aromatic carbocycles. The van der Waals surface area contributed by atoms with Crippen LogP contribution in [-0.4, -0.2) is 19.7 Å². The van der Waals surface area contributed by atoms with Gasteiger partial charge in [-0.15, -0.1) is 0 Å². The number of nitrogen functional groups attached to an aromatic ring is 1. The number of benzene rings is 1. The van der Waals surface area contributed by atoms with Crippen molar-refractivity contribution in [1.29, 1.82) is 0 Å². The van der Waals surface area contributed by atoms with Gasteiger partial charge in [0.2, 0.25) is 0 Å². The predicted octanol–water partition coefficient (Wildman–Crippen LogP) is 2.22. The highest BCUT2D eigenvalue weighted by Crippen LogP contribution is 2.27. The fraction of sp³-hybridized carbons (Fsp3) is 0.0714. The van der Waals surface area contributed by atoms with E-state index in [4.69, 9.17) is 5.73 Å². The van der Waals surface area contributed by atoms with Crippen LogP contribution in [-0.2, 0) is 0 Å². The van der Waals surface area contributed by atoms with Crippen molar-refractivity contribution in [3.8, 4) is 16.9 Å². The molecule has 0 saturated carbocycles. The maximum atomic E-state index is 6.13. The van der Waals surface area contributed by atoms with Gasteiger partial charge in [0.05, 0.1) is 5.69 Å². The molecule has 94 valence electrons. The van der Waals surface area contributed by atoms with Crippen molar-refractivity contribution >= 4 is 5.82 Å². The van der Waals surface area contributed by atoms with Crippen molar-refractivity contribution in [2.45, 2.75) is 6.92 Å². The average Bonchev–Trinajstić information content (AvgIpc) is 2.77.